The highest BCUT2D eigenvalue weighted by Gasteiger charge is 2.14. The van der Waals surface area contributed by atoms with E-state index >= 15 is 0 Å². The number of benzene rings is 3. The van der Waals surface area contributed by atoms with Crippen LogP contribution >= 0.6 is 0 Å². The molecule has 2 heteroatoms. The lowest BCUT2D eigenvalue weighted by molar-refractivity contribution is 0.101. The average molecular weight is 272 g/mol. The summed E-state index contributed by atoms with van der Waals surface area (Å²) in [5.74, 6) is 0.294. The maximum atomic E-state index is 12.4. The number of fused-ring (bicyclic) bond motifs is 2. The van der Waals surface area contributed by atoms with Gasteiger partial charge in [0.1, 0.15) is 5.58 Å². The zero-order valence-electron chi connectivity index (χ0n) is 11.2. The Balaban J connectivity index is 1.87. The molecule has 1 heterocycles. The van der Waals surface area contributed by atoms with Gasteiger partial charge in [0, 0.05) is 10.9 Å². The number of ketones is 1. The van der Waals surface area contributed by atoms with E-state index < -0.39 is 0 Å². The van der Waals surface area contributed by atoms with E-state index in [4.69, 9.17) is 4.42 Å². The van der Waals surface area contributed by atoms with E-state index in [1.54, 1.807) is 12.1 Å². The summed E-state index contributed by atoms with van der Waals surface area (Å²) in [5.41, 5.74) is 1.38. The van der Waals surface area contributed by atoms with Crippen molar-refractivity contribution in [1.82, 2.24) is 0 Å². The van der Waals surface area contributed by atoms with Crippen molar-refractivity contribution in [2.45, 2.75) is 0 Å². The van der Waals surface area contributed by atoms with Crippen LogP contribution in [0, 0.1) is 0 Å². The Morgan fingerprint density at radius 1 is 0.714 bits per heavy atom. The third-order valence-electron chi connectivity index (χ3n) is 3.64. The normalized spacial score (nSPS) is 11.0. The summed E-state index contributed by atoms with van der Waals surface area (Å²) < 4.78 is 5.74. The first-order valence-electron chi connectivity index (χ1n) is 6.83. The van der Waals surface area contributed by atoms with Crippen molar-refractivity contribution in [2.24, 2.45) is 0 Å². The van der Waals surface area contributed by atoms with Gasteiger partial charge in [0.05, 0.1) is 0 Å². The van der Waals surface area contributed by atoms with E-state index in [0.717, 1.165) is 21.7 Å². The quantitative estimate of drug-likeness (QED) is 0.490. The van der Waals surface area contributed by atoms with Gasteiger partial charge in [-0.2, -0.15) is 0 Å². The molecule has 0 N–H and O–H groups in total. The van der Waals surface area contributed by atoms with Gasteiger partial charge in [-0.15, -0.1) is 0 Å². The minimum absolute atomic E-state index is 0.0872. The maximum absolute atomic E-state index is 12.4. The van der Waals surface area contributed by atoms with Crippen LogP contribution in [-0.4, -0.2) is 5.78 Å². The zero-order valence-corrected chi connectivity index (χ0v) is 11.2. The molecule has 3 aromatic carbocycles. The third kappa shape index (κ3) is 2.01. The molecule has 0 saturated carbocycles. The molecule has 2 nitrogen and oxygen atoms in total. The molecule has 100 valence electrons. The summed E-state index contributed by atoms with van der Waals surface area (Å²) in [5, 5.41) is 3.20. The van der Waals surface area contributed by atoms with Crippen molar-refractivity contribution in [3.8, 4) is 0 Å². The second-order valence-corrected chi connectivity index (χ2v) is 5.04. The molecule has 0 aliphatic carbocycles. The number of carbonyl (C=O) groups excluding carboxylic acids is 1. The van der Waals surface area contributed by atoms with E-state index in [1.807, 2.05) is 48.5 Å². The average Bonchev–Trinajstić information content (AvgIpc) is 2.95. The minimum Gasteiger partial charge on any atom is -0.453 e. The summed E-state index contributed by atoms with van der Waals surface area (Å²) in [4.78, 5) is 12.4. The number of hydrogen-bond donors (Lipinski definition) is 0. The van der Waals surface area contributed by atoms with Crippen LogP contribution in [0.3, 0.4) is 0 Å². The highest BCUT2D eigenvalue weighted by molar-refractivity contribution is 6.09. The number of rotatable bonds is 2. The summed E-state index contributed by atoms with van der Waals surface area (Å²) in [7, 11) is 0. The van der Waals surface area contributed by atoms with Crippen LogP contribution in [-0.2, 0) is 0 Å². The lowest BCUT2D eigenvalue weighted by Crippen LogP contribution is -1.98. The van der Waals surface area contributed by atoms with Crippen LogP contribution in [0.1, 0.15) is 16.1 Å². The Labute approximate surface area is 121 Å². The van der Waals surface area contributed by atoms with E-state index in [2.05, 4.69) is 12.1 Å². The Morgan fingerprint density at radius 2 is 1.38 bits per heavy atom. The zero-order chi connectivity index (χ0) is 14.2. The molecule has 0 radical (unpaired) electrons. The van der Waals surface area contributed by atoms with Gasteiger partial charge in [-0.1, -0.05) is 54.6 Å². The lowest BCUT2D eigenvalue weighted by Gasteiger charge is -1.96. The first-order valence-corrected chi connectivity index (χ1v) is 6.83. The van der Waals surface area contributed by atoms with Crippen LogP contribution in [0.4, 0.5) is 0 Å². The predicted molar refractivity (Wildman–Crippen MR) is 83.6 cm³/mol. The van der Waals surface area contributed by atoms with Gasteiger partial charge >= 0.3 is 0 Å². The van der Waals surface area contributed by atoms with Gasteiger partial charge in [0.25, 0.3) is 0 Å². The molecular formula is C19H12O2. The Morgan fingerprint density at radius 3 is 2.14 bits per heavy atom. The van der Waals surface area contributed by atoms with Crippen LogP contribution in [0.5, 0.6) is 0 Å². The Bertz CT molecular complexity index is 897. The van der Waals surface area contributed by atoms with Gasteiger partial charge in [-0.3, -0.25) is 4.79 Å². The highest BCUT2D eigenvalue weighted by Crippen LogP contribution is 2.26. The van der Waals surface area contributed by atoms with Gasteiger partial charge in [0.15, 0.2) is 5.76 Å². The van der Waals surface area contributed by atoms with Gasteiger partial charge in [-0.05, 0) is 29.0 Å². The van der Waals surface area contributed by atoms with E-state index in [1.165, 1.54) is 0 Å². The third-order valence-corrected chi connectivity index (χ3v) is 3.64. The van der Waals surface area contributed by atoms with Crippen molar-refractivity contribution in [2.75, 3.05) is 0 Å². The maximum Gasteiger partial charge on any atom is 0.228 e. The minimum atomic E-state index is -0.0872. The summed E-state index contributed by atoms with van der Waals surface area (Å²) in [6.07, 6.45) is 0. The second-order valence-electron chi connectivity index (χ2n) is 5.04. The smallest absolute Gasteiger partial charge is 0.228 e. The molecule has 1 aromatic heterocycles. The highest BCUT2D eigenvalue weighted by atomic mass is 16.3. The first kappa shape index (κ1) is 11.9. The number of hydrogen-bond acceptors (Lipinski definition) is 2. The van der Waals surface area contributed by atoms with E-state index in [0.29, 0.717) is 11.3 Å². The van der Waals surface area contributed by atoms with Crippen molar-refractivity contribution in [1.29, 1.82) is 0 Å². The summed E-state index contributed by atoms with van der Waals surface area (Å²) >= 11 is 0. The van der Waals surface area contributed by atoms with E-state index in [-0.39, 0.29) is 5.78 Å². The van der Waals surface area contributed by atoms with Crippen molar-refractivity contribution < 1.29 is 9.21 Å². The van der Waals surface area contributed by atoms with Gasteiger partial charge in [0.2, 0.25) is 5.78 Å². The molecule has 4 rings (SSSR count). The SMILES string of the molecule is O=C(c1ccccc1)c1cc2cc3ccccc3cc2o1. The molecule has 0 aliphatic rings. The molecule has 0 spiro atoms. The number of furan rings is 1. The molecule has 0 saturated heterocycles. The molecule has 0 unspecified atom stereocenters. The molecule has 0 atom stereocenters. The monoisotopic (exact) mass is 272 g/mol. The Hall–Kier alpha value is -2.87. The lowest BCUT2D eigenvalue weighted by atomic mass is 10.1. The van der Waals surface area contributed by atoms with Crippen molar-refractivity contribution >= 4 is 27.5 Å². The standard InChI is InChI=1S/C19H12O2/c20-19(13-6-2-1-3-7-13)18-12-16-10-14-8-4-5-9-15(14)11-17(16)21-18/h1-12H. The predicted octanol–water partition coefficient (Wildman–Crippen LogP) is 4.82. The molecule has 0 bridgehead atoms. The fourth-order valence-corrected chi connectivity index (χ4v) is 2.57. The molecule has 4 aromatic rings. The fourth-order valence-electron chi connectivity index (χ4n) is 2.57. The molecular weight excluding hydrogens is 260 g/mol. The van der Waals surface area contributed by atoms with Gasteiger partial charge < -0.3 is 4.42 Å². The molecule has 21 heavy (non-hydrogen) atoms. The molecule has 0 amide bonds. The first-order chi connectivity index (χ1) is 10.3. The summed E-state index contributed by atoms with van der Waals surface area (Å²) in [6, 6.07) is 23.1. The fraction of sp³-hybridized carbons (Fsp3) is 0. The van der Waals surface area contributed by atoms with Crippen LogP contribution in [0.15, 0.2) is 77.2 Å². The van der Waals surface area contributed by atoms with Crippen molar-refractivity contribution in [3.05, 3.63) is 84.1 Å². The van der Waals surface area contributed by atoms with E-state index in [9.17, 15) is 4.79 Å². The van der Waals surface area contributed by atoms with Crippen LogP contribution in [0.2, 0.25) is 0 Å². The van der Waals surface area contributed by atoms with Crippen LogP contribution in [0.25, 0.3) is 21.7 Å². The Kier molecular flexibility index (Phi) is 2.61. The number of carbonyl (C=O) groups is 1. The topological polar surface area (TPSA) is 30.2 Å². The van der Waals surface area contributed by atoms with Crippen molar-refractivity contribution in [3.63, 3.8) is 0 Å². The largest absolute Gasteiger partial charge is 0.453 e. The van der Waals surface area contributed by atoms with Crippen LogP contribution < -0.4 is 0 Å². The summed E-state index contributed by atoms with van der Waals surface area (Å²) in [6.45, 7) is 0. The molecule has 0 fully saturated rings. The molecule has 0 aliphatic heterocycles. The second kappa shape index (κ2) is 4.60. The van der Waals surface area contributed by atoms with Gasteiger partial charge in [-0.25, -0.2) is 0 Å².